The molecular weight excluding hydrogens is 212 g/mol. The van der Waals surface area contributed by atoms with Gasteiger partial charge in [-0.05, 0) is 6.07 Å². The molecule has 1 aromatic heterocycles. The second kappa shape index (κ2) is 4.36. The van der Waals surface area contributed by atoms with Crippen molar-refractivity contribution < 1.29 is 19.4 Å². The molecule has 1 aliphatic rings. The zero-order chi connectivity index (χ0) is 11.5. The van der Waals surface area contributed by atoms with Gasteiger partial charge in [0.05, 0.1) is 13.2 Å². The molecule has 2 heterocycles. The summed E-state index contributed by atoms with van der Waals surface area (Å²) in [6, 6.07) is 1.36. The Morgan fingerprint density at radius 1 is 1.69 bits per heavy atom. The van der Waals surface area contributed by atoms with Crippen LogP contribution < -0.4 is 10.5 Å². The van der Waals surface area contributed by atoms with E-state index in [1.165, 1.54) is 12.3 Å². The highest BCUT2D eigenvalue weighted by Crippen LogP contribution is 2.26. The Hall–Kier alpha value is -1.82. The van der Waals surface area contributed by atoms with E-state index in [1.54, 1.807) is 0 Å². The summed E-state index contributed by atoms with van der Waals surface area (Å²) in [6.07, 6.45) is 1.93. The number of rotatable bonds is 3. The molecule has 1 atom stereocenters. The summed E-state index contributed by atoms with van der Waals surface area (Å²) in [5.74, 6) is -0.861. The molecule has 0 amide bonds. The van der Waals surface area contributed by atoms with Crippen molar-refractivity contribution in [3.8, 4) is 5.75 Å². The van der Waals surface area contributed by atoms with Crippen molar-refractivity contribution in [2.75, 3.05) is 18.9 Å². The molecular formula is C10H12N2O4. The van der Waals surface area contributed by atoms with Gasteiger partial charge in [0.25, 0.3) is 0 Å². The lowest BCUT2D eigenvalue weighted by Crippen LogP contribution is -2.19. The summed E-state index contributed by atoms with van der Waals surface area (Å²) >= 11 is 0. The second-order valence-corrected chi connectivity index (χ2v) is 3.48. The van der Waals surface area contributed by atoms with Gasteiger partial charge >= 0.3 is 5.97 Å². The number of hydrogen-bond donors (Lipinski definition) is 2. The van der Waals surface area contributed by atoms with Crippen molar-refractivity contribution in [1.82, 2.24) is 4.98 Å². The number of aromatic carboxylic acids is 1. The second-order valence-electron chi connectivity index (χ2n) is 3.48. The molecule has 0 bridgehead atoms. The minimum atomic E-state index is -1.08. The van der Waals surface area contributed by atoms with Gasteiger partial charge in [0, 0.05) is 12.6 Å². The standard InChI is InChI=1S/C10H12N2O4/c11-9-8(16-6-2-4-15-5-6)7(10(13)14)1-3-12-9/h1,3,6H,2,4-5H2,(H2,11,12)(H,13,14)/t6-/m0/s1. The average Bonchev–Trinajstić information content (AvgIpc) is 2.73. The number of nitrogens with zero attached hydrogens (tertiary/aromatic N) is 1. The van der Waals surface area contributed by atoms with Crippen molar-refractivity contribution in [1.29, 1.82) is 0 Å². The maximum absolute atomic E-state index is 11.0. The van der Waals surface area contributed by atoms with Crippen LogP contribution in [0.15, 0.2) is 12.3 Å². The first kappa shape index (κ1) is 10.7. The molecule has 1 aromatic rings. The lowest BCUT2D eigenvalue weighted by molar-refractivity contribution is 0.0687. The third-order valence-electron chi connectivity index (χ3n) is 2.33. The van der Waals surface area contributed by atoms with Crippen LogP contribution in [0.2, 0.25) is 0 Å². The molecule has 3 N–H and O–H groups in total. The number of pyridine rings is 1. The number of anilines is 1. The highest BCUT2D eigenvalue weighted by molar-refractivity contribution is 5.92. The van der Waals surface area contributed by atoms with Crippen LogP contribution in [-0.4, -0.2) is 35.4 Å². The average molecular weight is 224 g/mol. The third-order valence-corrected chi connectivity index (χ3v) is 2.33. The molecule has 0 spiro atoms. The van der Waals surface area contributed by atoms with E-state index in [1.807, 2.05) is 0 Å². The predicted octanol–water partition coefficient (Wildman–Crippen LogP) is 0.530. The van der Waals surface area contributed by atoms with Gasteiger partial charge in [-0.25, -0.2) is 9.78 Å². The van der Waals surface area contributed by atoms with Crippen LogP contribution in [-0.2, 0) is 4.74 Å². The first-order valence-corrected chi connectivity index (χ1v) is 4.90. The molecule has 0 aromatic carbocycles. The molecule has 0 saturated carbocycles. The molecule has 6 heteroatoms. The molecule has 1 aliphatic heterocycles. The van der Waals surface area contributed by atoms with Crippen LogP contribution in [0.1, 0.15) is 16.8 Å². The fourth-order valence-electron chi connectivity index (χ4n) is 1.53. The van der Waals surface area contributed by atoms with Crippen LogP contribution in [0.25, 0.3) is 0 Å². The summed E-state index contributed by atoms with van der Waals surface area (Å²) in [5.41, 5.74) is 5.62. The van der Waals surface area contributed by atoms with Crippen LogP contribution >= 0.6 is 0 Å². The van der Waals surface area contributed by atoms with E-state index in [2.05, 4.69) is 4.98 Å². The Balaban J connectivity index is 2.26. The Bertz CT molecular complexity index is 402. The van der Waals surface area contributed by atoms with E-state index in [-0.39, 0.29) is 23.2 Å². The minimum absolute atomic E-state index is 0.0272. The number of hydrogen-bond acceptors (Lipinski definition) is 5. The van der Waals surface area contributed by atoms with Crippen molar-refractivity contribution in [2.24, 2.45) is 0 Å². The number of carboxylic acid groups (broad SMARTS) is 1. The number of nitrogens with two attached hydrogens (primary N) is 1. The fourth-order valence-corrected chi connectivity index (χ4v) is 1.53. The number of carbonyl (C=O) groups is 1. The lowest BCUT2D eigenvalue weighted by Gasteiger charge is -2.14. The summed E-state index contributed by atoms with van der Waals surface area (Å²) in [4.78, 5) is 14.8. The molecule has 16 heavy (non-hydrogen) atoms. The van der Waals surface area contributed by atoms with E-state index in [0.717, 1.165) is 6.42 Å². The number of aromatic nitrogens is 1. The topological polar surface area (TPSA) is 94.7 Å². The maximum atomic E-state index is 11.0. The third kappa shape index (κ3) is 2.06. The molecule has 1 saturated heterocycles. The van der Waals surface area contributed by atoms with Crippen molar-refractivity contribution >= 4 is 11.8 Å². The highest BCUT2D eigenvalue weighted by Gasteiger charge is 2.22. The van der Waals surface area contributed by atoms with E-state index >= 15 is 0 Å². The zero-order valence-corrected chi connectivity index (χ0v) is 8.55. The van der Waals surface area contributed by atoms with Crippen LogP contribution in [0, 0.1) is 0 Å². The number of ether oxygens (including phenoxy) is 2. The molecule has 1 fully saturated rings. The summed E-state index contributed by atoms with van der Waals surface area (Å²) in [6.45, 7) is 1.07. The Kier molecular flexibility index (Phi) is 2.91. The van der Waals surface area contributed by atoms with Gasteiger partial charge in [-0.15, -0.1) is 0 Å². The molecule has 86 valence electrons. The quantitative estimate of drug-likeness (QED) is 0.777. The molecule has 6 nitrogen and oxygen atoms in total. The van der Waals surface area contributed by atoms with Gasteiger partial charge in [0.1, 0.15) is 11.7 Å². The van der Waals surface area contributed by atoms with E-state index in [0.29, 0.717) is 13.2 Å². The molecule has 0 unspecified atom stereocenters. The summed E-state index contributed by atoms with van der Waals surface area (Å²) in [7, 11) is 0. The van der Waals surface area contributed by atoms with Gasteiger partial charge in [-0.2, -0.15) is 0 Å². The number of nitrogen functional groups attached to an aromatic ring is 1. The zero-order valence-electron chi connectivity index (χ0n) is 8.55. The minimum Gasteiger partial charge on any atom is -0.483 e. The number of carboxylic acids is 1. The van der Waals surface area contributed by atoms with Crippen molar-refractivity contribution in [2.45, 2.75) is 12.5 Å². The van der Waals surface area contributed by atoms with Crippen molar-refractivity contribution in [3.63, 3.8) is 0 Å². The van der Waals surface area contributed by atoms with Gasteiger partial charge in [0.2, 0.25) is 0 Å². The Labute approximate surface area is 92.0 Å². The van der Waals surface area contributed by atoms with E-state index < -0.39 is 5.97 Å². The fraction of sp³-hybridized carbons (Fsp3) is 0.400. The monoisotopic (exact) mass is 224 g/mol. The van der Waals surface area contributed by atoms with Crippen molar-refractivity contribution in [3.05, 3.63) is 17.8 Å². The van der Waals surface area contributed by atoms with Crippen LogP contribution in [0.5, 0.6) is 5.75 Å². The molecule has 0 aliphatic carbocycles. The Morgan fingerprint density at radius 3 is 3.12 bits per heavy atom. The van der Waals surface area contributed by atoms with Gasteiger partial charge < -0.3 is 20.3 Å². The molecule has 0 radical (unpaired) electrons. The van der Waals surface area contributed by atoms with E-state index in [4.69, 9.17) is 20.3 Å². The first-order chi connectivity index (χ1) is 7.68. The first-order valence-electron chi connectivity index (χ1n) is 4.90. The normalized spacial score (nSPS) is 19.6. The summed E-state index contributed by atoms with van der Waals surface area (Å²) in [5, 5.41) is 8.97. The SMILES string of the molecule is Nc1nccc(C(=O)O)c1O[C@H]1CCOC1. The maximum Gasteiger partial charge on any atom is 0.339 e. The largest absolute Gasteiger partial charge is 0.483 e. The van der Waals surface area contributed by atoms with Crippen LogP contribution in [0.3, 0.4) is 0 Å². The predicted molar refractivity (Wildman–Crippen MR) is 55.5 cm³/mol. The summed E-state index contributed by atoms with van der Waals surface area (Å²) < 4.78 is 10.6. The lowest BCUT2D eigenvalue weighted by atomic mass is 10.2. The van der Waals surface area contributed by atoms with E-state index in [9.17, 15) is 4.79 Å². The highest BCUT2D eigenvalue weighted by atomic mass is 16.5. The molecule has 2 rings (SSSR count). The van der Waals surface area contributed by atoms with Gasteiger partial charge in [-0.3, -0.25) is 0 Å². The smallest absolute Gasteiger partial charge is 0.339 e. The Morgan fingerprint density at radius 2 is 2.50 bits per heavy atom. The van der Waals surface area contributed by atoms with Gasteiger partial charge in [-0.1, -0.05) is 0 Å². The van der Waals surface area contributed by atoms with Gasteiger partial charge in [0.15, 0.2) is 11.6 Å². The van der Waals surface area contributed by atoms with Crippen LogP contribution in [0.4, 0.5) is 5.82 Å².